The van der Waals surface area contributed by atoms with Crippen LogP contribution in [-0.4, -0.2) is 40.0 Å². The van der Waals surface area contributed by atoms with Crippen LogP contribution >= 0.6 is 0 Å². The van der Waals surface area contributed by atoms with Crippen LogP contribution in [-0.2, 0) is 0 Å². The Labute approximate surface area is 105 Å². The smallest absolute Gasteiger partial charge is 0.363 e. The molecule has 1 saturated heterocycles. The molecule has 2 aliphatic rings. The second-order valence-electron chi connectivity index (χ2n) is 5.02. The Balaban J connectivity index is 1.57. The minimum Gasteiger partial charge on any atom is -0.378 e. The van der Waals surface area contributed by atoms with Gasteiger partial charge in [0.05, 0.1) is 5.69 Å². The van der Waals surface area contributed by atoms with E-state index in [0.717, 1.165) is 31.2 Å². The van der Waals surface area contributed by atoms with Crippen LogP contribution in [0.2, 0.25) is 0 Å². The van der Waals surface area contributed by atoms with Gasteiger partial charge in [0, 0.05) is 31.2 Å². The molecule has 0 bridgehead atoms. The van der Waals surface area contributed by atoms with E-state index in [0.29, 0.717) is 6.04 Å². The lowest BCUT2D eigenvalue weighted by molar-refractivity contribution is -0.389. The lowest BCUT2D eigenvalue weighted by atomic mass is 10.2. The first-order valence-corrected chi connectivity index (χ1v) is 6.33. The molecule has 3 rings (SSSR count). The van der Waals surface area contributed by atoms with Crippen molar-refractivity contribution < 1.29 is 4.92 Å². The van der Waals surface area contributed by atoms with Gasteiger partial charge in [0.1, 0.15) is 0 Å². The molecule has 0 radical (unpaired) electrons. The highest BCUT2D eigenvalue weighted by molar-refractivity contribution is 5.44. The van der Waals surface area contributed by atoms with Gasteiger partial charge in [-0.1, -0.05) is 0 Å². The van der Waals surface area contributed by atoms with Crippen LogP contribution in [0, 0.1) is 10.1 Å². The monoisotopic (exact) mass is 248 g/mol. The van der Waals surface area contributed by atoms with Crippen LogP contribution < -0.4 is 5.32 Å². The molecule has 1 aliphatic heterocycles. The zero-order chi connectivity index (χ0) is 12.5. The highest BCUT2D eigenvalue weighted by Gasteiger charge is 2.34. The number of hydrogen-bond donors (Lipinski definition) is 1. The predicted molar refractivity (Wildman–Crippen MR) is 67.5 cm³/mol. The lowest BCUT2D eigenvalue weighted by Gasteiger charge is -2.15. The van der Waals surface area contributed by atoms with Gasteiger partial charge in [-0.2, -0.15) is 0 Å². The third kappa shape index (κ3) is 2.43. The fourth-order valence-electron chi connectivity index (χ4n) is 2.49. The number of nitro groups is 1. The van der Waals surface area contributed by atoms with Gasteiger partial charge in [0.25, 0.3) is 0 Å². The fourth-order valence-corrected chi connectivity index (χ4v) is 2.49. The molecule has 0 spiro atoms. The number of nitrogens with one attached hydrogen (secondary N) is 1. The number of hydrogen-bond acceptors (Lipinski definition) is 5. The first-order chi connectivity index (χ1) is 8.72. The van der Waals surface area contributed by atoms with Crippen LogP contribution in [0.15, 0.2) is 18.3 Å². The maximum absolute atomic E-state index is 10.5. The molecule has 0 amide bonds. The van der Waals surface area contributed by atoms with Crippen molar-refractivity contribution in [3.8, 4) is 0 Å². The third-order valence-corrected chi connectivity index (χ3v) is 3.59. The Hall–Kier alpha value is -1.69. The quantitative estimate of drug-likeness (QED) is 0.648. The molecule has 1 aromatic heterocycles. The van der Waals surface area contributed by atoms with E-state index in [1.807, 2.05) is 0 Å². The summed E-state index contributed by atoms with van der Waals surface area (Å²) in [6.45, 7) is 2.23. The number of anilines is 1. The molecule has 1 aromatic rings. The average molecular weight is 248 g/mol. The molecule has 6 nitrogen and oxygen atoms in total. The second kappa shape index (κ2) is 4.53. The van der Waals surface area contributed by atoms with Crippen molar-refractivity contribution >= 4 is 11.5 Å². The van der Waals surface area contributed by atoms with E-state index in [9.17, 15) is 10.1 Å². The molecular weight excluding hydrogens is 232 g/mol. The lowest BCUT2D eigenvalue weighted by Crippen LogP contribution is -2.27. The van der Waals surface area contributed by atoms with E-state index in [1.165, 1.54) is 25.1 Å². The van der Waals surface area contributed by atoms with Crippen LogP contribution in [0.25, 0.3) is 0 Å². The standard InChI is InChI=1S/C12H16N4O2/c17-16(18)12-4-1-9(7-13-12)14-10-5-6-15(8-10)11-2-3-11/h1,4,7,10-11,14H,2-3,5-6,8H2. The molecule has 1 atom stereocenters. The topological polar surface area (TPSA) is 71.3 Å². The first kappa shape index (κ1) is 11.4. The maximum Gasteiger partial charge on any atom is 0.363 e. The maximum atomic E-state index is 10.5. The van der Waals surface area contributed by atoms with Crippen LogP contribution in [0.5, 0.6) is 0 Å². The van der Waals surface area contributed by atoms with Crippen molar-refractivity contribution in [2.24, 2.45) is 0 Å². The molecule has 2 heterocycles. The van der Waals surface area contributed by atoms with Crippen LogP contribution in [0.4, 0.5) is 11.5 Å². The molecule has 18 heavy (non-hydrogen) atoms. The van der Waals surface area contributed by atoms with Crippen molar-refractivity contribution in [1.82, 2.24) is 9.88 Å². The number of rotatable bonds is 4. The summed E-state index contributed by atoms with van der Waals surface area (Å²) in [5.41, 5.74) is 0.864. The van der Waals surface area contributed by atoms with E-state index in [-0.39, 0.29) is 5.82 Å². The van der Waals surface area contributed by atoms with Crippen molar-refractivity contribution in [3.63, 3.8) is 0 Å². The van der Waals surface area contributed by atoms with Crippen LogP contribution in [0.1, 0.15) is 19.3 Å². The summed E-state index contributed by atoms with van der Waals surface area (Å²) in [5, 5.41) is 13.9. The van der Waals surface area contributed by atoms with Gasteiger partial charge in [-0.25, -0.2) is 0 Å². The highest BCUT2D eigenvalue weighted by Crippen LogP contribution is 2.30. The summed E-state index contributed by atoms with van der Waals surface area (Å²) in [7, 11) is 0. The molecule has 96 valence electrons. The molecule has 1 saturated carbocycles. The van der Waals surface area contributed by atoms with Gasteiger partial charge < -0.3 is 15.4 Å². The van der Waals surface area contributed by atoms with Crippen molar-refractivity contribution in [2.75, 3.05) is 18.4 Å². The van der Waals surface area contributed by atoms with E-state index in [1.54, 1.807) is 6.07 Å². The molecule has 0 aromatic carbocycles. The van der Waals surface area contributed by atoms with Crippen molar-refractivity contribution in [3.05, 3.63) is 28.4 Å². The molecule has 2 fully saturated rings. The summed E-state index contributed by atoms with van der Waals surface area (Å²) < 4.78 is 0. The SMILES string of the molecule is O=[N+]([O-])c1ccc(NC2CCN(C3CC3)C2)cn1. The van der Waals surface area contributed by atoms with E-state index >= 15 is 0 Å². The molecule has 1 N–H and O–H groups in total. The largest absolute Gasteiger partial charge is 0.378 e. The van der Waals surface area contributed by atoms with E-state index in [2.05, 4.69) is 15.2 Å². The zero-order valence-electron chi connectivity index (χ0n) is 10.1. The highest BCUT2D eigenvalue weighted by atomic mass is 16.6. The van der Waals surface area contributed by atoms with Gasteiger partial charge in [-0.05, 0) is 35.2 Å². The Morgan fingerprint density at radius 2 is 2.22 bits per heavy atom. The van der Waals surface area contributed by atoms with Crippen LogP contribution in [0.3, 0.4) is 0 Å². The number of aromatic nitrogens is 1. The Morgan fingerprint density at radius 3 is 2.83 bits per heavy atom. The van der Waals surface area contributed by atoms with Gasteiger partial charge in [0.15, 0.2) is 6.20 Å². The van der Waals surface area contributed by atoms with Gasteiger partial charge in [-0.15, -0.1) is 0 Å². The minimum absolute atomic E-state index is 0.105. The number of nitrogens with zero attached hydrogens (tertiary/aromatic N) is 3. The summed E-state index contributed by atoms with van der Waals surface area (Å²) >= 11 is 0. The molecule has 1 aliphatic carbocycles. The van der Waals surface area contributed by atoms with E-state index < -0.39 is 4.92 Å². The van der Waals surface area contributed by atoms with Gasteiger partial charge in [-0.3, -0.25) is 4.90 Å². The zero-order valence-corrected chi connectivity index (χ0v) is 10.1. The summed E-state index contributed by atoms with van der Waals surface area (Å²) in [4.78, 5) is 16.4. The Bertz CT molecular complexity index is 444. The van der Waals surface area contributed by atoms with Crippen molar-refractivity contribution in [2.45, 2.75) is 31.3 Å². The van der Waals surface area contributed by atoms with E-state index in [4.69, 9.17) is 0 Å². The second-order valence-corrected chi connectivity index (χ2v) is 5.02. The Kier molecular flexibility index (Phi) is 2.87. The number of likely N-dealkylation sites (tertiary alicyclic amines) is 1. The number of pyridine rings is 1. The Morgan fingerprint density at radius 1 is 1.39 bits per heavy atom. The average Bonchev–Trinajstić information content (AvgIpc) is 3.11. The molecular formula is C12H16N4O2. The van der Waals surface area contributed by atoms with Gasteiger partial charge >= 0.3 is 5.82 Å². The van der Waals surface area contributed by atoms with Gasteiger partial charge in [0.2, 0.25) is 0 Å². The third-order valence-electron chi connectivity index (χ3n) is 3.59. The summed E-state index contributed by atoms with van der Waals surface area (Å²) in [6.07, 6.45) is 5.35. The summed E-state index contributed by atoms with van der Waals surface area (Å²) in [5.74, 6) is -0.105. The first-order valence-electron chi connectivity index (χ1n) is 6.33. The summed E-state index contributed by atoms with van der Waals surface area (Å²) in [6, 6.07) is 4.42. The predicted octanol–water partition coefficient (Wildman–Crippen LogP) is 1.64. The normalized spacial score (nSPS) is 24.1. The molecule has 1 unspecified atom stereocenters. The molecule has 6 heteroatoms. The fraction of sp³-hybridized carbons (Fsp3) is 0.583. The van der Waals surface area contributed by atoms with Crippen molar-refractivity contribution in [1.29, 1.82) is 0 Å². The minimum atomic E-state index is -0.478.